The summed E-state index contributed by atoms with van der Waals surface area (Å²) in [7, 11) is 2.13. The van der Waals surface area contributed by atoms with Crippen molar-refractivity contribution in [1.29, 1.82) is 0 Å². The number of halogens is 1. The van der Waals surface area contributed by atoms with E-state index >= 15 is 0 Å². The van der Waals surface area contributed by atoms with Crippen LogP contribution in [0.25, 0.3) is 11.3 Å². The highest BCUT2D eigenvalue weighted by Crippen LogP contribution is 2.20. The van der Waals surface area contributed by atoms with Crippen molar-refractivity contribution >= 4 is 5.78 Å². The largest absolute Gasteiger partial charge is 0.303 e. The first kappa shape index (κ1) is 22.1. The van der Waals surface area contributed by atoms with Gasteiger partial charge in [0, 0.05) is 30.5 Å². The molecule has 1 aromatic heterocycles. The van der Waals surface area contributed by atoms with Crippen molar-refractivity contribution in [2.75, 3.05) is 13.6 Å². The maximum atomic E-state index is 13.2. The van der Waals surface area contributed by atoms with Gasteiger partial charge < -0.3 is 4.90 Å². The van der Waals surface area contributed by atoms with Gasteiger partial charge in [-0.2, -0.15) is 5.10 Å². The number of rotatable bonds is 8. The van der Waals surface area contributed by atoms with E-state index in [4.69, 9.17) is 0 Å². The summed E-state index contributed by atoms with van der Waals surface area (Å²) in [5.74, 6) is -0.0697. The summed E-state index contributed by atoms with van der Waals surface area (Å²) < 4.78 is 14.6. The van der Waals surface area contributed by atoms with Crippen molar-refractivity contribution in [3.63, 3.8) is 0 Å². The average molecular weight is 434 g/mol. The van der Waals surface area contributed by atoms with Gasteiger partial charge in [0.05, 0.1) is 12.2 Å². The molecule has 1 saturated heterocycles. The fraction of sp³-hybridized carbons (Fsp3) is 0.346. The van der Waals surface area contributed by atoms with Crippen molar-refractivity contribution in [1.82, 2.24) is 14.7 Å². The quantitative estimate of drug-likeness (QED) is 0.537. The van der Waals surface area contributed by atoms with E-state index in [-0.39, 0.29) is 17.2 Å². The second kappa shape index (κ2) is 10.0. The molecule has 0 amide bonds. The van der Waals surface area contributed by atoms with E-state index in [1.165, 1.54) is 35.7 Å². The Bertz CT molecular complexity index is 1140. The first-order valence-corrected chi connectivity index (χ1v) is 11.1. The van der Waals surface area contributed by atoms with E-state index in [0.29, 0.717) is 31.1 Å². The van der Waals surface area contributed by atoms with Gasteiger partial charge >= 0.3 is 0 Å². The lowest BCUT2D eigenvalue weighted by molar-refractivity contribution is -0.118. The number of ketones is 1. The Labute approximate surface area is 187 Å². The molecule has 0 aliphatic carbocycles. The number of benzene rings is 2. The summed E-state index contributed by atoms with van der Waals surface area (Å²) in [6.07, 6.45) is 4.32. The molecule has 1 fully saturated rings. The molecule has 166 valence electrons. The highest BCUT2D eigenvalue weighted by atomic mass is 19.1. The van der Waals surface area contributed by atoms with Gasteiger partial charge in [0.1, 0.15) is 11.6 Å². The van der Waals surface area contributed by atoms with Gasteiger partial charge in [-0.1, -0.05) is 24.3 Å². The number of nitrogens with zero attached hydrogens (tertiary/aromatic N) is 3. The molecule has 5 nitrogen and oxygen atoms in total. The molecule has 1 unspecified atom stereocenters. The number of aromatic nitrogens is 2. The first-order valence-electron chi connectivity index (χ1n) is 11.1. The minimum absolute atomic E-state index is 0.210. The number of Topliss-reactive ketones (excluding diaryl/α,β-unsaturated/α-hetero) is 1. The molecule has 2 heterocycles. The number of carbonyl (C=O) groups excluding carboxylic acids is 1. The van der Waals surface area contributed by atoms with Crippen LogP contribution in [0.5, 0.6) is 0 Å². The molecule has 32 heavy (non-hydrogen) atoms. The SMILES string of the molecule is CN1CCCC1CCC(=O)Cc1cccc(Cn2nc(-c3ccc(F)cc3)ccc2=O)c1. The average Bonchev–Trinajstić information content (AvgIpc) is 3.19. The third-order valence-corrected chi connectivity index (χ3v) is 6.16. The van der Waals surface area contributed by atoms with Crippen LogP contribution in [0.3, 0.4) is 0 Å². The maximum Gasteiger partial charge on any atom is 0.267 e. The number of hydrogen-bond donors (Lipinski definition) is 0. The highest BCUT2D eigenvalue weighted by molar-refractivity contribution is 5.80. The van der Waals surface area contributed by atoms with E-state index in [2.05, 4.69) is 17.0 Å². The van der Waals surface area contributed by atoms with E-state index < -0.39 is 0 Å². The second-order valence-corrected chi connectivity index (χ2v) is 8.57. The van der Waals surface area contributed by atoms with Crippen LogP contribution in [0.2, 0.25) is 0 Å². The van der Waals surface area contributed by atoms with Gasteiger partial charge in [0.15, 0.2) is 0 Å². The number of hydrogen-bond acceptors (Lipinski definition) is 4. The van der Waals surface area contributed by atoms with Gasteiger partial charge in [-0.15, -0.1) is 0 Å². The van der Waals surface area contributed by atoms with E-state index in [1.54, 1.807) is 18.2 Å². The van der Waals surface area contributed by atoms with Crippen LogP contribution in [0.1, 0.15) is 36.8 Å². The smallest absolute Gasteiger partial charge is 0.267 e. The molecule has 0 radical (unpaired) electrons. The van der Waals surface area contributed by atoms with Crippen LogP contribution in [0, 0.1) is 5.82 Å². The van der Waals surface area contributed by atoms with Gasteiger partial charge in [-0.25, -0.2) is 9.07 Å². The Balaban J connectivity index is 1.42. The van der Waals surface area contributed by atoms with E-state index in [0.717, 1.165) is 29.7 Å². The lowest BCUT2D eigenvalue weighted by Gasteiger charge is -2.18. The van der Waals surface area contributed by atoms with Gasteiger partial charge in [0.25, 0.3) is 5.56 Å². The van der Waals surface area contributed by atoms with Crippen molar-refractivity contribution in [3.05, 3.63) is 88.0 Å². The van der Waals surface area contributed by atoms with Gasteiger partial charge in [0.2, 0.25) is 0 Å². The summed E-state index contributed by atoms with van der Waals surface area (Å²) in [6, 6.07) is 17.4. The first-order chi connectivity index (χ1) is 15.5. The van der Waals surface area contributed by atoms with Gasteiger partial charge in [-0.3, -0.25) is 9.59 Å². The Morgan fingerprint density at radius 2 is 1.88 bits per heavy atom. The Hall–Kier alpha value is -3.12. The Morgan fingerprint density at radius 1 is 1.09 bits per heavy atom. The van der Waals surface area contributed by atoms with Crippen molar-refractivity contribution < 1.29 is 9.18 Å². The molecule has 6 heteroatoms. The van der Waals surface area contributed by atoms with Gasteiger partial charge in [-0.05, 0) is 74.3 Å². The molecule has 3 aromatic rings. The molecule has 1 aliphatic rings. The van der Waals surface area contributed by atoms with E-state index in [9.17, 15) is 14.0 Å². The molecular formula is C26H28FN3O2. The van der Waals surface area contributed by atoms with Crippen LogP contribution >= 0.6 is 0 Å². The zero-order valence-corrected chi connectivity index (χ0v) is 18.3. The summed E-state index contributed by atoms with van der Waals surface area (Å²) in [5, 5.41) is 4.45. The minimum Gasteiger partial charge on any atom is -0.303 e. The molecular weight excluding hydrogens is 405 g/mol. The van der Waals surface area contributed by atoms with Crippen LogP contribution in [0.15, 0.2) is 65.5 Å². The molecule has 1 aliphatic heterocycles. The lowest BCUT2D eigenvalue weighted by Crippen LogP contribution is -2.25. The molecule has 0 N–H and O–H groups in total. The molecule has 1 atom stereocenters. The van der Waals surface area contributed by atoms with E-state index in [1.807, 2.05) is 24.3 Å². The van der Waals surface area contributed by atoms with Crippen molar-refractivity contribution in [3.8, 4) is 11.3 Å². The summed E-state index contributed by atoms with van der Waals surface area (Å²) in [4.78, 5) is 27.2. The fourth-order valence-corrected chi connectivity index (χ4v) is 4.34. The molecule has 4 rings (SSSR count). The predicted octanol–water partition coefficient (Wildman–Crippen LogP) is 4.08. The fourth-order valence-electron chi connectivity index (χ4n) is 4.34. The molecule has 0 saturated carbocycles. The monoisotopic (exact) mass is 433 g/mol. The normalized spacial score (nSPS) is 16.4. The van der Waals surface area contributed by atoms with Crippen LogP contribution < -0.4 is 5.56 Å². The topological polar surface area (TPSA) is 55.2 Å². The summed E-state index contributed by atoms with van der Waals surface area (Å²) in [6.45, 7) is 1.43. The molecule has 0 bridgehead atoms. The zero-order chi connectivity index (χ0) is 22.5. The second-order valence-electron chi connectivity index (χ2n) is 8.57. The van der Waals surface area contributed by atoms with Crippen molar-refractivity contribution in [2.24, 2.45) is 0 Å². The van der Waals surface area contributed by atoms with Crippen LogP contribution in [-0.2, 0) is 17.8 Å². The van der Waals surface area contributed by atoms with Crippen LogP contribution in [-0.4, -0.2) is 40.1 Å². The third kappa shape index (κ3) is 5.56. The Kier molecular flexibility index (Phi) is 6.90. The number of carbonyl (C=O) groups is 1. The zero-order valence-electron chi connectivity index (χ0n) is 18.3. The molecule has 0 spiro atoms. The van der Waals surface area contributed by atoms with Crippen LogP contribution in [0.4, 0.5) is 4.39 Å². The highest BCUT2D eigenvalue weighted by Gasteiger charge is 2.21. The Morgan fingerprint density at radius 3 is 2.62 bits per heavy atom. The molecule has 2 aromatic carbocycles. The summed E-state index contributed by atoms with van der Waals surface area (Å²) in [5.41, 5.74) is 3.00. The third-order valence-electron chi connectivity index (χ3n) is 6.16. The lowest BCUT2D eigenvalue weighted by atomic mass is 10.0. The summed E-state index contributed by atoms with van der Waals surface area (Å²) >= 11 is 0. The standard InChI is InChI=1S/C26H28FN3O2/c1-29-15-3-6-23(29)11-12-24(31)17-19-4-2-5-20(16-19)18-30-26(32)14-13-25(28-30)21-7-9-22(27)10-8-21/h2,4-5,7-10,13-14,16,23H,3,6,11-12,15,17-18H2,1H3. The predicted molar refractivity (Wildman–Crippen MR) is 123 cm³/mol. The van der Waals surface area contributed by atoms with Crippen molar-refractivity contribution in [2.45, 2.75) is 44.7 Å². The maximum absolute atomic E-state index is 13.2. The minimum atomic E-state index is -0.316. The number of likely N-dealkylation sites (tertiary alicyclic amines) is 1.